The van der Waals surface area contributed by atoms with E-state index in [9.17, 15) is 18.4 Å². The van der Waals surface area contributed by atoms with E-state index in [1.165, 1.54) is 6.07 Å². The van der Waals surface area contributed by atoms with Crippen LogP contribution in [0.4, 0.5) is 8.78 Å². The van der Waals surface area contributed by atoms with Gasteiger partial charge in [0.25, 0.3) is 0 Å². The van der Waals surface area contributed by atoms with Crippen LogP contribution in [0.25, 0.3) is 0 Å². The Morgan fingerprint density at radius 2 is 1.86 bits per heavy atom. The average molecular weight is 308 g/mol. The number of rotatable bonds is 3. The molecular weight excluding hydrogens is 290 g/mol. The first-order valence-corrected chi connectivity index (χ1v) is 7.50. The molecule has 2 N–H and O–H groups in total. The molecule has 0 bridgehead atoms. The van der Waals surface area contributed by atoms with Crippen molar-refractivity contribution in [3.05, 3.63) is 35.4 Å². The van der Waals surface area contributed by atoms with Crippen molar-refractivity contribution in [1.29, 1.82) is 0 Å². The standard InChI is InChI=1S/C16H18F2N2O2/c17-10-1-2-14(18)12(7-10)11-8-13(11)16(22)20-5-3-9(4-6-20)15(19)21/h1-2,7,9,11,13H,3-6,8H2,(H2,19,21). The van der Waals surface area contributed by atoms with Crippen LogP contribution in [0.2, 0.25) is 0 Å². The number of hydrogen-bond acceptors (Lipinski definition) is 2. The van der Waals surface area contributed by atoms with Gasteiger partial charge in [0.15, 0.2) is 0 Å². The zero-order valence-electron chi connectivity index (χ0n) is 12.1. The Morgan fingerprint density at radius 3 is 2.50 bits per heavy atom. The summed E-state index contributed by atoms with van der Waals surface area (Å²) in [5, 5.41) is 0. The van der Waals surface area contributed by atoms with Crippen molar-refractivity contribution >= 4 is 11.8 Å². The first kappa shape index (κ1) is 14.9. The predicted octanol–water partition coefficient (Wildman–Crippen LogP) is 1.79. The molecule has 1 aliphatic heterocycles. The SMILES string of the molecule is NC(=O)C1CCN(C(=O)C2CC2c2cc(F)ccc2F)CC1. The van der Waals surface area contributed by atoms with E-state index in [2.05, 4.69) is 0 Å². The molecule has 118 valence electrons. The Bertz CT molecular complexity index is 612. The third-order valence-corrected chi connectivity index (χ3v) is 4.67. The smallest absolute Gasteiger partial charge is 0.226 e. The van der Waals surface area contributed by atoms with Gasteiger partial charge in [-0.25, -0.2) is 8.78 Å². The number of carbonyl (C=O) groups is 2. The molecule has 1 saturated heterocycles. The highest BCUT2D eigenvalue weighted by molar-refractivity contribution is 5.83. The molecule has 4 nitrogen and oxygen atoms in total. The van der Waals surface area contributed by atoms with Gasteiger partial charge >= 0.3 is 0 Å². The molecule has 1 heterocycles. The third kappa shape index (κ3) is 2.82. The minimum Gasteiger partial charge on any atom is -0.369 e. The second kappa shape index (κ2) is 5.66. The summed E-state index contributed by atoms with van der Waals surface area (Å²) in [4.78, 5) is 25.2. The van der Waals surface area contributed by atoms with E-state index in [0.29, 0.717) is 32.4 Å². The van der Waals surface area contributed by atoms with Gasteiger partial charge in [-0.05, 0) is 48.9 Å². The number of likely N-dealkylation sites (tertiary alicyclic amines) is 1. The fourth-order valence-corrected chi connectivity index (χ4v) is 3.23. The molecule has 22 heavy (non-hydrogen) atoms. The number of nitrogens with two attached hydrogens (primary N) is 1. The lowest BCUT2D eigenvalue weighted by Crippen LogP contribution is -2.42. The fourth-order valence-electron chi connectivity index (χ4n) is 3.23. The van der Waals surface area contributed by atoms with Crippen LogP contribution in [0.3, 0.4) is 0 Å². The summed E-state index contributed by atoms with van der Waals surface area (Å²) in [5.74, 6) is -1.99. The second-order valence-corrected chi connectivity index (χ2v) is 6.12. The average Bonchev–Trinajstić information content (AvgIpc) is 3.29. The molecular formula is C16H18F2N2O2. The number of piperidine rings is 1. The van der Waals surface area contributed by atoms with Gasteiger partial charge in [0.05, 0.1) is 0 Å². The number of carbonyl (C=O) groups excluding carboxylic acids is 2. The van der Waals surface area contributed by atoms with Crippen LogP contribution < -0.4 is 5.73 Å². The molecule has 1 saturated carbocycles. The molecule has 2 amide bonds. The van der Waals surface area contributed by atoms with Gasteiger partial charge in [-0.1, -0.05) is 0 Å². The lowest BCUT2D eigenvalue weighted by molar-refractivity contribution is -0.136. The van der Waals surface area contributed by atoms with E-state index in [1.54, 1.807) is 4.90 Å². The van der Waals surface area contributed by atoms with Crippen molar-refractivity contribution in [2.24, 2.45) is 17.6 Å². The van der Waals surface area contributed by atoms with Crippen molar-refractivity contribution in [3.63, 3.8) is 0 Å². The van der Waals surface area contributed by atoms with Crippen LogP contribution in [0, 0.1) is 23.5 Å². The normalized spacial score (nSPS) is 25.1. The maximum atomic E-state index is 13.7. The number of primary amides is 1. The van der Waals surface area contributed by atoms with E-state index in [4.69, 9.17) is 5.73 Å². The van der Waals surface area contributed by atoms with Crippen LogP contribution in [0.15, 0.2) is 18.2 Å². The largest absolute Gasteiger partial charge is 0.369 e. The predicted molar refractivity (Wildman–Crippen MR) is 75.7 cm³/mol. The molecule has 1 aliphatic carbocycles. The molecule has 2 fully saturated rings. The molecule has 1 aromatic rings. The van der Waals surface area contributed by atoms with Crippen molar-refractivity contribution in [2.75, 3.05) is 13.1 Å². The van der Waals surface area contributed by atoms with E-state index in [1.807, 2.05) is 0 Å². The Kier molecular flexibility index (Phi) is 3.85. The quantitative estimate of drug-likeness (QED) is 0.925. The summed E-state index contributed by atoms with van der Waals surface area (Å²) < 4.78 is 27.0. The number of benzene rings is 1. The monoisotopic (exact) mass is 308 g/mol. The van der Waals surface area contributed by atoms with Gasteiger partial charge < -0.3 is 10.6 Å². The fraction of sp³-hybridized carbons (Fsp3) is 0.500. The molecule has 2 unspecified atom stereocenters. The van der Waals surface area contributed by atoms with Crippen LogP contribution in [-0.4, -0.2) is 29.8 Å². The lowest BCUT2D eigenvalue weighted by Gasteiger charge is -2.30. The Labute approximate surface area is 127 Å². The minimum atomic E-state index is -0.489. The lowest BCUT2D eigenvalue weighted by atomic mass is 9.96. The van der Waals surface area contributed by atoms with Gasteiger partial charge in [0.2, 0.25) is 11.8 Å². The van der Waals surface area contributed by atoms with Gasteiger partial charge in [-0.3, -0.25) is 9.59 Å². The van der Waals surface area contributed by atoms with Gasteiger partial charge in [0, 0.05) is 24.9 Å². The number of hydrogen-bond donors (Lipinski definition) is 1. The molecule has 0 radical (unpaired) electrons. The number of halogens is 2. The molecule has 2 atom stereocenters. The molecule has 3 rings (SSSR count). The van der Waals surface area contributed by atoms with Crippen molar-refractivity contribution < 1.29 is 18.4 Å². The van der Waals surface area contributed by atoms with Crippen molar-refractivity contribution in [1.82, 2.24) is 4.90 Å². The van der Waals surface area contributed by atoms with Crippen molar-refractivity contribution in [3.8, 4) is 0 Å². The summed E-state index contributed by atoms with van der Waals surface area (Å²) in [6.07, 6.45) is 1.70. The second-order valence-electron chi connectivity index (χ2n) is 6.12. The van der Waals surface area contributed by atoms with E-state index >= 15 is 0 Å². The Balaban J connectivity index is 1.62. The highest BCUT2D eigenvalue weighted by atomic mass is 19.1. The summed E-state index contributed by atoms with van der Waals surface area (Å²) in [7, 11) is 0. The highest BCUT2D eigenvalue weighted by Gasteiger charge is 2.47. The van der Waals surface area contributed by atoms with Crippen LogP contribution >= 0.6 is 0 Å². The zero-order valence-corrected chi connectivity index (χ0v) is 12.1. The molecule has 2 aliphatic rings. The van der Waals surface area contributed by atoms with Gasteiger partial charge in [-0.15, -0.1) is 0 Å². The maximum absolute atomic E-state index is 13.7. The number of nitrogens with zero attached hydrogens (tertiary/aromatic N) is 1. The first-order valence-electron chi connectivity index (χ1n) is 7.50. The Hall–Kier alpha value is -1.98. The van der Waals surface area contributed by atoms with Gasteiger partial charge in [0.1, 0.15) is 11.6 Å². The molecule has 6 heteroatoms. The van der Waals surface area contributed by atoms with E-state index in [0.717, 1.165) is 12.1 Å². The zero-order chi connectivity index (χ0) is 15.9. The van der Waals surface area contributed by atoms with Crippen LogP contribution in [0.1, 0.15) is 30.7 Å². The van der Waals surface area contributed by atoms with E-state index < -0.39 is 11.6 Å². The highest BCUT2D eigenvalue weighted by Crippen LogP contribution is 2.49. The van der Waals surface area contributed by atoms with E-state index in [-0.39, 0.29) is 35.1 Å². The molecule has 0 aromatic heterocycles. The van der Waals surface area contributed by atoms with Crippen LogP contribution in [-0.2, 0) is 9.59 Å². The first-order chi connectivity index (χ1) is 10.5. The summed E-state index contributed by atoms with van der Waals surface area (Å²) >= 11 is 0. The third-order valence-electron chi connectivity index (χ3n) is 4.67. The van der Waals surface area contributed by atoms with Crippen LogP contribution in [0.5, 0.6) is 0 Å². The summed E-state index contributed by atoms with van der Waals surface area (Å²) in [5.41, 5.74) is 5.55. The topological polar surface area (TPSA) is 63.4 Å². The Morgan fingerprint density at radius 1 is 1.18 bits per heavy atom. The van der Waals surface area contributed by atoms with Gasteiger partial charge in [-0.2, -0.15) is 0 Å². The number of amides is 2. The summed E-state index contributed by atoms with van der Waals surface area (Å²) in [6, 6.07) is 3.35. The maximum Gasteiger partial charge on any atom is 0.226 e. The molecule has 0 spiro atoms. The van der Waals surface area contributed by atoms with Crippen molar-refractivity contribution in [2.45, 2.75) is 25.2 Å². The summed E-state index contributed by atoms with van der Waals surface area (Å²) in [6.45, 7) is 1.00. The minimum absolute atomic E-state index is 0.0309. The molecule has 1 aromatic carbocycles.